The minimum absolute atomic E-state index is 0.0170. The predicted octanol–water partition coefficient (Wildman–Crippen LogP) is 1.42. The van der Waals surface area contributed by atoms with Crippen molar-refractivity contribution in [1.29, 1.82) is 0 Å². The summed E-state index contributed by atoms with van der Waals surface area (Å²) in [5.74, 6) is -0.0114. The van der Waals surface area contributed by atoms with Gasteiger partial charge in [0.25, 0.3) is 0 Å². The maximum atomic E-state index is 12.0. The predicted molar refractivity (Wildman–Crippen MR) is 72.3 cm³/mol. The van der Waals surface area contributed by atoms with Crippen LogP contribution >= 0.6 is 11.3 Å². The Morgan fingerprint density at radius 1 is 1.50 bits per heavy atom. The first-order valence-corrected chi connectivity index (χ1v) is 6.82. The number of hydrogen-bond acceptors (Lipinski definition) is 3. The zero-order chi connectivity index (χ0) is 13.0. The molecule has 1 aliphatic rings. The van der Waals surface area contributed by atoms with Gasteiger partial charge in [0, 0.05) is 37.0 Å². The Morgan fingerprint density at radius 3 is 3.06 bits per heavy atom. The summed E-state index contributed by atoms with van der Waals surface area (Å²) in [5, 5.41) is 4.76. The van der Waals surface area contributed by atoms with E-state index in [0.717, 1.165) is 4.88 Å². The number of hydrogen-bond donors (Lipinski definition) is 1. The maximum Gasteiger partial charge on any atom is 0.246 e. The summed E-state index contributed by atoms with van der Waals surface area (Å²) < 4.78 is 0. The summed E-state index contributed by atoms with van der Waals surface area (Å²) in [4.78, 5) is 26.0. The lowest BCUT2D eigenvalue weighted by Crippen LogP contribution is -2.32. The molecule has 2 heterocycles. The van der Waals surface area contributed by atoms with Crippen molar-refractivity contribution in [3.8, 4) is 0 Å². The highest BCUT2D eigenvalue weighted by molar-refractivity contribution is 7.11. The van der Waals surface area contributed by atoms with Crippen molar-refractivity contribution >= 4 is 29.2 Å². The van der Waals surface area contributed by atoms with Gasteiger partial charge in [-0.25, -0.2) is 0 Å². The summed E-state index contributed by atoms with van der Waals surface area (Å²) >= 11 is 1.62. The molecule has 5 heteroatoms. The van der Waals surface area contributed by atoms with Crippen LogP contribution in [0.2, 0.25) is 0 Å². The molecule has 1 aromatic heterocycles. The van der Waals surface area contributed by atoms with E-state index in [1.165, 1.54) is 5.56 Å². The SMILES string of the molecule is Cc1ccsc1C=CC(=O)N1CCNC(=O)CC1. The van der Waals surface area contributed by atoms with Crippen molar-refractivity contribution in [3.05, 3.63) is 28.0 Å². The van der Waals surface area contributed by atoms with Gasteiger partial charge in [0.1, 0.15) is 0 Å². The van der Waals surface area contributed by atoms with Crippen LogP contribution in [0.4, 0.5) is 0 Å². The molecule has 1 N–H and O–H groups in total. The van der Waals surface area contributed by atoms with Gasteiger partial charge < -0.3 is 10.2 Å². The number of carbonyl (C=O) groups is 2. The van der Waals surface area contributed by atoms with E-state index in [1.54, 1.807) is 22.3 Å². The van der Waals surface area contributed by atoms with Crippen molar-refractivity contribution in [2.75, 3.05) is 19.6 Å². The van der Waals surface area contributed by atoms with E-state index < -0.39 is 0 Å². The Hall–Kier alpha value is -1.62. The number of carbonyl (C=O) groups excluding carboxylic acids is 2. The fourth-order valence-electron chi connectivity index (χ4n) is 1.79. The molecule has 0 saturated carbocycles. The van der Waals surface area contributed by atoms with Crippen LogP contribution in [0.25, 0.3) is 6.08 Å². The van der Waals surface area contributed by atoms with Crippen molar-refractivity contribution in [3.63, 3.8) is 0 Å². The zero-order valence-electron chi connectivity index (χ0n) is 10.3. The second kappa shape index (κ2) is 5.82. The molecule has 0 unspecified atom stereocenters. The maximum absolute atomic E-state index is 12.0. The van der Waals surface area contributed by atoms with Crippen molar-refractivity contribution in [2.45, 2.75) is 13.3 Å². The fraction of sp³-hybridized carbons (Fsp3) is 0.385. The van der Waals surface area contributed by atoms with Crippen LogP contribution < -0.4 is 5.32 Å². The molecule has 0 bridgehead atoms. The molecule has 18 heavy (non-hydrogen) atoms. The minimum Gasteiger partial charge on any atom is -0.354 e. The second-order valence-corrected chi connectivity index (χ2v) is 5.17. The number of nitrogens with zero attached hydrogens (tertiary/aromatic N) is 1. The molecule has 0 radical (unpaired) electrons. The Bertz CT molecular complexity index is 479. The minimum atomic E-state index is -0.0284. The lowest BCUT2D eigenvalue weighted by molar-refractivity contribution is -0.125. The first-order chi connectivity index (χ1) is 8.66. The smallest absolute Gasteiger partial charge is 0.246 e. The number of thiophene rings is 1. The van der Waals surface area contributed by atoms with Crippen LogP contribution in [-0.4, -0.2) is 36.3 Å². The molecule has 1 saturated heterocycles. The first kappa shape index (κ1) is 12.8. The molecule has 0 spiro atoms. The van der Waals surface area contributed by atoms with E-state index in [-0.39, 0.29) is 11.8 Å². The van der Waals surface area contributed by atoms with E-state index in [9.17, 15) is 9.59 Å². The topological polar surface area (TPSA) is 49.4 Å². The van der Waals surface area contributed by atoms with Gasteiger partial charge in [-0.2, -0.15) is 0 Å². The van der Waals surface area contributed by atoms with Gasteiger partial charge in [0.2, 0.25) is 11.8 Å². The van der Waals surface area contributed by atoms with Gasteiger partial charge in [-0.3, -0.25) is 9.59 Å². The molecule has 1 aromatic rings. The third kappa shape index (κ3) is 3.20. The third-order valence-electron chi connectivity index (χ3n) is 2.90. The lowest BCUT2D eigenvalue weighted by atomic mass is 10.2. The molecule has 0 atom stereocenters. The number of nitrogens with one attached hydrogen (secondary N) is 1. The molecule has 4 nitrogen and oxygen atoms in total. The Morgan fingerprint density at radius 2 is 2.33 bits per heavy atom. The summed E-state index contributed by atoms with van der Waals surface area (Å²) in [6.45, 7) is 3.64. The normalized spacial score (nSPS) is 16.7. The summed E-state index contributed by atoms with van der Waals surface area (Å²) in [5.41, 5.74) is 1.18. The van der Waals surface area contributed by atoms with Crippen LogP contribution in [0.3, 0.4) is 0 Å². The molecule has 2 rings (SSSR count). The lowest BCUT2D eigenvalue weighted by Gasteiger charge is -2.16. The highest BCUT2D eigenvalue weighted by Gasteiger charge is 2.16. The van der Waals surface area contributed by atoms with Crippen LogP contribution in [0.5, 0.6) is 0 Å². The number of aryl methyl sites for hydroxylation is 1. The van der Waals surface area contributed by atoms with E-state index in [0.29, 0.717) is 26.1 Å². The molecule has 1 aliphatic heterocycles. The first-order valence-electron chi connectivity index (χ1n) is 5.94. The summed E-state index contributed by atoms with van der Waals surface area (Å²) in [6.07, 6.45) is 3.83. The standard InChI is InChI=1S/C13H16N2O2S/c1-10-5-9-18-11(10)2-3-13(17)15-7-4-12(16)14-6-8-15/h2-3,5,9H,4,6-8H2,1H3,(H,14,16). The molecule has 96 valence electrons. The zero-order valence-corrected chi connectivity index (χ0v) is 11.1. The second-order valence-electron chi connectivity index (χ2n) is 4.23. The van der Waals surface area contributed by atoms with Crippen molar-refractivity contribution in [1.82, 2.24) is 10.2 Å². The van der Waals surface area contributed by atoms with Crippen LogP contribution in [0, 0.1) is 6.92 Å². The summed E-state index contributed by atoms with van der Waals surface area (Å²) in [6, 6.07) is 2.03. The fourth-order valence-corrected chi connectivity index (χ4v) is 2.61. The van der Waals surface area contributed by atoms with Gasteiger partial charge in [-0.1, -0.05) is 0 Å². The Labute approximate surface area is 110 Å². The largest absolute Gasteiger partial charge is 0.354 e. The number of rotatable bonds is 2. The van der Waals surface area contributed by atoms with Gasteiger partial charge >= 0.3 is 0 Å². The van der Waals surface area contributed by atoms with Crippen LogP contribution in [-0.2, 0) is 9.59 Å². The van der Waals surface area contributed by atoms with Gasteiger partial charge in [0.15, 0.2) is 0 Å². The quantitative estimate of drug-likeness (QED) is 0.821. The molecular weight excluding hydrogens is 248 g/mol. The average Bonchev–Trinajstić information content (AvgIpc) is 2.62. The number of amides is 2. The van der Waals surface area contributed by atoms with Crippen molar-refractivity contribution in [2.24, 2.45) is 0 Å². The third-order valence-corrected chi connectivity index (χ3v) is 3.89. The molecular formula is C13H16N2O2S. The monoisotopic (exact) mass is 264 g/mol. The van der Waals surface area contributed by atoms with Crippen molar-refractivity contribution < 1.29 is 9.59 Å². The van der Waals surface area contributed by atoms with E-state index in [2.05, 4.69) is 5.32 Å². The Balaban J connectivity index is 1.97. The molecule has 2 amide bonds. The summed E-state index contributed by atoms with van der Waals surface area (Å²) in [7, 11) is 0. The van der Waals surface area contributed by atoms with E-state index in [4.69, 9.17) is 0 Å². The average molecular weight is 264 g/mol. The Kier molecular flexibility index (Phi) is 4.15. The van der Waals surface area contributed by atoms with Crippen LogP contribution in [0.1, 0.15) is 16.9 Å². The molecule has 1 fully saturated rings. The van der Waals surface area contributed by atoms with Gasteiger partial charge in [0.05, 0.1) is 0 Å². The van der Waals surface area contributed by atoms with Gasteiger partial charge in [-0.15, -0.1) is 11.3 Å². The van der Waals surface area contributed by atoms with Gasteiger partial charge in [-0.05, 0) is 30.0 Å². The van der Waals surface area contributed by atoms with E-state index in [1.807, 2.05) is 24.4 Å². The highest BCUT2D eigenvalue weighted by Crippen LogP contribution is 2.17. The molecule has 0 aromatic carbocycles. The van der Waals surface area contributed by atoms with Crippen LogP contribution in [0.15, 0.2) is 17.5 Å². The van der Waals surface area contributed by atoms with E-state index >= 15 is 0 Å². The highest BCUT2D eigenvalue weighted by atomic mass is 32.1. The molecule has 0 aliphatic carbocycles.